The molecule has 1 aliphatic rings. The van der Waals surface area contributed by atoms with Crippen molar-refractivity contribution in [3.05, 3.63) is 47.3 Å². The van der Waals surface area contributed by atoms with Crippen LogP contribution in [-0.4, -0.2) is 0 Å². The molecule has 0 nitrogen and oxygen atoms in total. The van der Waals surface area contributed by atoms with E-state index in [4.69, 9.17) is 0 Å². The Labute approximate surface area is 141 Å². The molecule has 1 aliphatic carbocycles. The Kier molecular flexibility index (Phi) is 7.40. The molecule has 0 radical (unpaired) electrons. The fourth-order valence-electron chi connectivity index (χ4n) is 3.35. The molecule has 0 spiro atoms. The number of benzene rings is 1. The van der Waals surface area contributed by atoms with Gasteiger partial charge in [0.15, 0.2) is 0 Å². The standard InChI is InChI=1S/C22H29F/c1-3-5-8-19-11-13-20(14-12-19)9-6-7-10-21-16-15-18(4-2)17-22(21)23/h6,9,15-17,19-20H,3-5,8,11-14H2,1-2H3/b9-6+/t19-,20-. The molecule has 0 aliphatic heterocycles. The van der Waals surface area contributed by atoms with E-state index in [9.17, 15) is 4.39 Å². The maximum Gasteiger partial charge on any atom is 0.139 e. The van der Waals surface area contributed by atoms with Gasteiger partial charge in [-0.3, -0.25) is 0 Å². The number of unbranched alkanes of at least 4 members (excludes halogenated alkanes) is 1. The Balaban J connectivity index is 1.82. The molecule has 0 bridgehead atoms. The minimum atomic E-state index is -0.207. The first-order valence-electron chi connectivity index (χ1n) is 9.19. The summed E-state index contributed by atoms with van der Waals surface area (Å²) in [5.74, 6) is 7.33. The van der Waals surface area contributed by atoms with Crippen molar-refractivity contribution >= 4 is 0 Å². The van der Waals surface area contributed by atoms with Crippen molar-refractivity contribution in [3.8, 4) is 11.8 Å². The van der Waals surface area contributed by atoms with Gasteiger partial charge in [0.05, 0.1) is 5.56 Å². The van der Waals surface area contributed by atoms with E-state index in [1.165, 1.54) is 44.9 Å². The Hall–Kier alpha value is -1.55. The summed E-state index contributed by atoms with van der Waals surface area (Å²) >= 11 is 0. The van der Waals surface area contributed by atoms with E-state index in [1.54, 1.807) is 12.1 Å². The fraction of sp³-hybridized carbons (Fsp3) is 0.545. The largest absolute Gasteiger partial charge is 0.206 e. The summed E-state index contributed by atoms with van der Waals surface area (Å²) in [6.45, 7) is 4.30. The first kappa shape index (κ1) is 17.8. The molecule has 0 unspecified atom stereocenters. The average molecular weight is 312 g/mol. The summed E-state index contributed by atoms with van der Waals surface area (Å²) < 4.78 is 13.8. The molecule has 124 valence electrons. The predicted molar refractivity (Wildman–Crippen MR) is 96.8 cm³/mol. The molecule has 1 saturated carbocycles. The average Bonchev–Trinajstić information content (AvgIpc) is 2.59. The molecule has 1 aromatic rings. The van der Waals surface area contributed by atoms with Crippen LogP contribution in [0.15, 0.2) is 30.4 Å². The van der Waals surface area contributed by atoms with Crippen molar-refractivity contribution in [2.45, 2.75) is 65.2 Å². The van der Waals surface area contributed by atoms with Crippen LogP contribution in [0, 0.1) is 29.5 Å². The van der Waals surface area contributed by atoms with Crippen LogP contribution in [0.4, 0.5) is 4.39 Å². The first-order chi connectivity index (χ1) is 11.2. The zero-order valence-electron chi connectivity index (χ0n) is 14.6. The summed E-state index contributed by atoms with van der Waals surface area (Å²) in [7, 11) is 0. The van der Waals surface area contributed by atoms with Crippen LogP contribution < -0.4 is 0 Å². The molecule has 1 aromatic carbocycles. The Morgan fingerprint density at radius 1 is 1.17 bits per heavy atom. The van der Waals surface area contributed by atoms with Gasteiger partial charge in [-0.25, -0.2) is 4.39 Å². The van der Waals surface area contributed by atoms with E-state index in [0.717, 1.165) is 17.9 Å². The van der Waals surface area contributed by atoms with Crippen LogP contribution in [0.1, 0.15) is 69.9 Å². The lowest BCUT2D eigenvalue weighted by molar-refractivity contribution is 0.291. The monoisotopic (exact) mass is 312 g/mol. The van der Waals surface area contributed by atoms with Gasteiger partial charge in [0.2, 0.25) is 0 Å². The van der Waals surface area contributed by atoms with Gasteiger partial charge in [0, 0.05) is 0 Å². The van der Waals surface area contributed by atoms with Crippen LogP contribution in [0.2, 0.25) is 0 Å². The van der Waals surface area contributed by atoms with Crippen LogP contribution in [-0.2, 0) is 6.42 Å². The van der Waals surface area contributed by atoms with E-state index < -0.39 is 0 Å². The molecule has 0 heterocycles. The highest BCUT2D eigenvalue weighted by molar-refractivity contribution is 5.39. The maximum absolute atomic E-state index is 13.8. The van der Waals surface area contributed by atoms with E-state index >= 15 is 0 Å². The fourth-order valence-corrected chi connectivity index (χ4v) is 3.35. The molecule has 1 heteroatoms. The molecule has 0 amide bonds. The van der Waals surface area contributed by atoms with Crippen molar-refractivity contribution < 1.29 is 4.39 Å². The maximum atomic E-state index is 13.8. The molecular weight excluding hydrogens is 283 g/mol. The van der Waals surface area contributed by atoms with Gasteiger partial charge < -0.3 is 0 Å². The van der Waals surface area contributed by atoms with E-state index in [2.05, 4.69) is 24.8 Å². The van der Waals surface area contributed by atoms with E-state index in [1.807, 2.05) is 19.1 Å². The highest BCUT2D eigenvalue weighted by Crippen LogP contribution is 2.32. The lowest BCUT2D eigenvalue weighted by Crippen LogP contribution is -2.12. The third-order valence-electron chi connectivity index (χ3n) is 4.96. The molecular formula is C22H29F. The van der Waals surface area contributed by atoms with Crippen molar-refractivity contribution in [2.24, 2.45) is 11.8 Å². The van der Waals surface area contributed by atoms with Gasteiger partial charge in [-0.1, -0.05) is 57.1 Å². The first-order valence-corrected chi connectivity index (χ1v) is 9.19. The lowest BCUT2D eigenvalue weighted by atomic mass is 9.80. The van der Waals surface area contributed by atoms with E-state index in [-0.39, 0.29) is 5.82 Å². The summed E-state index contributed by atoms with van der Waals surface area (Å²) in [4.78, 5) is 0. The minimum absolute atomic E-state index is 0.207. The number of hydrogen-bond acceptors (Lipinski definition) is 0. The summed E-state index contributed by atoms with van der Waals surface area (Å²) in [6, 6.07) is 5.33. The SMILES string of the molecule is CCCC[C@H]1CC[C@H](/C=C/C#Cc2ccc(CC)cc2F)CC1. The molecule has 0 saturated heterocycles. The normalized spacial score (nSPS) is 21.2. The molecule has 23 heavy (non-hydrogen) atoms. The summed E-state index contributed by atoms with van der Waals surface area (Å²) in [5.41, 5.74) is 1.51. The topological polar surface area (TPSA) is 0 Å². The van der Waals surface area contributed by atoms with Gasteiger partial charge in [0.1, 0.15) is 5.82 Å². The predicted octanol–water partition coefficient (Wildman–Crippen LogP) is 6.29. The van der Waals surface area contributed by atoms with Crippen molar-refractivity contribution in [2.75, 3.05) is 0 Å². The highest BCUT2D eigenvalue weighted by atomic mass is 19.1. The molecule has 0 atom stereocenters. The molecule has 2 rings (SSSR count). The van der Waals surface area contributed by atoms with Crippen molar-refractivity contribution in [1.82, 2.24) is 0 Å². The zero-order valence-corrected chi connectivity index (χ0v) is 14.6. The van der Waals surface area contributed by atoms with Crippen molar-refractivity contribution in [3.63, 3.8) is 0 Å². The second kappa shape index (κ2) is 9.56. The van der Waals surface area contributed by atoms with Gasteiger partial charge in [-0.05, 0) is 67.7 Å². The van der Waals surface area contributed by atoms with Crippen LogP contribution in [0.3, 0.4) is 0 Å². The molecule has 1 fully saturated rings. The van der Waals surface area contributed by atoms with Gasteiger partial charge in [0.25, 0.3) is 0 Å². The molecule has 0 N–H and O–H groups in total. The summed E-state index contributed by atoms with van der Waals surface area (Å²) in [5, 5.41) is 0. The second-order valence-electron chi connectivity index (χ2n) is 6.72. The Morgan fingerprint density at radius 3 is 2.61 bits per heavy atom. The van der Waals surface area contributed by atoms with Gasteiger partial charge in [-0.2, -0.15) is 0 Å². The van der Waals surface area contributed by atoms with Crippen LogP contribution >= 0.6 is 0 Å². The lowest BCUT2D eigenvalue weighted by Gasteiger charge is -2.26. The number of hydrogen-bond donors (Lipinski definition) is 0. The highest BCUT2D eigenvalue weighted by Gasteiger charge is 2.18. The second-order valence-corrected chi connectivity index (χ2v) is 6.72. The Bertz CT molecular complexity index is 565. The number of halogens is 1. The van der Waals surface area contributed by atoms with Gasteiger partial charge >= 0.3 is 0 Å². The minimum Gasteiger partial charge on any atom is -0.206 e. The van der Waals surface area contributed by atoms with Crippen LogP contribution in [0.25, 0.3) is 0 Å². The van der Waals surface area contributed by atoms with E-state index in [0.29, 0.717) is 11.5 Å². The summed E-state index contributed by atoms with van der Waals surface area (Å²) in [6.07, 6.45) is 14.4. The van der Waals surface area contributed by atoms with Gasteiger partial charge in [-0.15, -0.1) is 0 Å². The third kappa shape index (κ3) is 5.87. The van der Waals surface area contributed by atoms with Crippen molar-refractivity contribution in [1.29, 1.82) is 0 Å². The third-order valence-corrected chi connectivity index (χ3v) is 4.96. The van der Waals surface area contributed by atoms with Crippen LogP contribution in [0.5, 0.6) is 0 Å². The number of allylic oxidation sites excluding steroid dienone is 2. The zero-order chi connectivity index (χ0) is 16.5. The smallest absolute Gasteiger partial charge is 0.139 e. The number of rotatable bonds is 5. The number of aryl methyl sites for hydroxylation is 1. The Morgan fingerprint density at radius 2 is 1.96 bits per heavy atom. The quantitative estimate of drug-likeness (QED) is 0.560. The molecule has 0 aromatic heterocycles.